The molecule has 5 heteroatoms. The van der Waals surface area contributed by atoms with E-state index in [4.69, 9.17) is 45.9 Å². The zero-order valence-electron chi connectivity index (χ0n) is 7.46. The van der Waals surface area contributed by atoms with Gasteiger partial charge in [0.1, 0.15) is 21.9 Å². The van der Waals surface area contributed by atoms with Crippen LogP contribution >= 0.6 is 35.4 Å². The predicted molar refractivity (Wildman–Crippen MR) is 63.3 cm³/mol. The molecule has 1 rings (SSSR count). The molecule has 0 saturated carbocycles. The van der Waals surface area contributed by atoms with Crippen molar-refractivity contribution in [3.05, 3.63) is 28.2 Å². The van der Waals surface area contributed by atoms with Crippen LogP contribution in [0.3, 0.4) is 0 Å². The molecule has 2 nitrogen and oxygen atoms in total. The summed E-state index contributed by atoms with van der Waals surface area (Å²) < 4.78 is 5.40. The molecule has 0 saturated heterocycles. The summed E-state index contributed by atoms with van der Waals surface area (Å²) in [7, 11) is 0. The predicted octanol–water partition coefficient (Wildman–Crippen LogP) is 3.05. The quantitative estimate of drug-likeness (QED) is 0.837. The van der Waals surface area contributed by atoms with E-state index in [1.165, 1.54) is 0 Å². The number of benzene rings is 1. The van der Waals surface area contributed by atoms with E-state index in [0.29, 0.717) is 15.8 Å². The van der Waals surface area contributed by atoms with Gasteiger partial charge in [-0.05, 0) is 19.1 Å². The van der Waals surface area contributed by atoms with Crippen LogP contribution in [0, 0.1) is 0 Å². The summed E-state index contributed by atoms with van der Waals surface area (Å²) in [6.07, 6.45) is -0.360. The minimum atomic E-state index is -0.360. The topological polar surface area (TPSA) is 35.2 Å². The molecule has 0 spiro atoms. The molecule has 0 radical (unpaired) electrons. The molecule has 76 valence electrons. The van der Waals surface area contributed by atoms with E-state index in [-0.39, 0.29) is 11.1 Å². The van der Waals surface area contributed by atoms with E-state index in [0.717, 1.165) is 0 Å². The molecule has 0 aliphatic rings. The fraction of sp³-hybridized carbons (Fsp3) is 0.222. The number of nitrogens with two attached hydrogens (primary N) is 1. The Morgan fingerprint density at radius 3 is 2.71 bits per heavy atom. The van der Waals surface area contributed by atoms with Gasteiger partial charge in [-0.25, -0.2) is 0 Å². The van der Waals surface area contributed by atoms with Crippen molar-refractivity contribution in [2.24, 2.45) is 5.73 Å². The van der Waals surface area contributed by atoms with Crippen LogP contribution < -0.4 is 10.5 Å². The van der Waals surface area contributed by atoms with Gasteiger partial charge in [-0.1, -0.05) is 41.5 Å². The van der Waals surface area contributed by atoms with Crippen molar-refractivity contribution >= 4 is 40.4 Å². The molecule has 1 aromatic rings. The van der Waals surface area contributed by atoms with Crippen molar-refractivity contribution in [3.8, 4) is 5.75 Å². The minimum absolute atomic E-state index is 0.279. The Balaban J connectivity index is 2.87. The Morgan fingerprint density at radius 1 is 1.50 bits per heavy atom. The second-order valence-electron chi connectivity index (χ2n) is 2.71. The Bertz CT molecular complexity index is 357. The molecule has 0 aliphatic carbocycles. The summed E-state index contributed by atoms with van der Waals surface area (Å²) in [6.45, 7) is 1.75. The zero-order valence-corrected chi connectivity index (χ0v) is 9.79. The Kier molecular flexibility index (Phi) is 3.98. The van der Waals surface area contributed by atoms with Crippen molar-refractivity contribution < 1.29 is 4.74 Å². The maximum absolute atomic E-state index is 5.90. The van der Waals surface area contributed by atoms with Gasteiger partial charge >= 0.3 is 0 Å². The van der Waals surface area contributed by atoms with E-state index in [2.05, 4.69) is 0 Å². The molecule has 1 aromatic carbocycles. The number of ether oxygens (including phenoxy) is 1. The van der Waals surface area contributed by atoms with Crippen LogP contribution in [0.2, 0.25) is 10.0 Å². The summed E-state index contributed by atoms with van der Waals surface area (Å²) in [5.74, 6) is 0.486. The Hall–Kier alpha value is -0.510. The first kappa shape index (κ1) is 11.6. The van der Waals surface area contributed by atoms with E-state index in [1.807, 2.05) is 0 Å². The first-order valence-corrected chi connectivity index (χ1v) is 5.08. The van der Waals surface area contributed by atoms with Crippen molar-refractivity contribution in [2.75, 3.05) is 0 Å². The van der Waals surface area contributed by atoms with Gasteiger partial charge in [0.15, 0.2) is 0 Å². The van der Waals surface area contributed by atoms with Gasteiger partial charge in [-0.15, -0.1) is 0 Å². The van der Waals surface area contributed by atoms with Crippen molar-refractivity contribution in [2.45, 2.75) is 13.0 Å². The largest absolute Gasteiger partial charge is 0.482 e. The van der Waals surface area contributed by atoms with Crippen LogP contribution in [-0.2, 0) is 0 Å². The first-order chi connectivity index (χ1) is 6.52. The smallest absolute Gasteiger partial charge is 0.145 e. The number of hydrogen-bond donors (Lipinski definition) is 1. The highest BCUT2D eigenvalue weighted by molar-refractivity contribution is 7.80. The van der Waals surface area contributed by atoms with Crippen LogP contribution in [0.15, 0.2) is 18.2 Å². The van der Waals surface area contributed by atoms with Gasteiger partial charge in [0.2, 0.25) is 0 Å². The molecule has 1 atom stereocenters. The third-order valence-corrected chi connectivity index (χ3v) is 2.75. The third kappa shape index (κ3) is 2.74. The zero-order chi connectivity index (χ0) is 10.7. The summed E-state index contributed by atoms with van der Waals surface area (Å²) >= 11 is 16.5. The molecule has 14 heavy (non-hydrogen) atoms. The van der Waals surface area contributed by atoms with Gasteiger partial charge in [-0.3, -0.25) is 0 Å². The molecule has 0 heterocycles. The van der Waals surface area contributed by atoms with Crippen LogP contribution in [0.1, 0.15) is 6.92 Å². The Labute approximate surface area is 97.9 Å². The monoisotopic (exact) mass is 249 g/mol. The summed E-state index contributed by atoms with van der Waals surface area (Å²) in [5.41, 5.74) is 5.40. The lowest BCUT2D eigenvalue weighted by atomic mass is 10.3. The standard InChI is InChI=1S/C9H9Cl2NOS/c1-5(9(12)14)13-7-4-2-3-6(10)8(7)11/h2-5H,1H3,(H2,12,14). The van der Waals surface area contributed by atoms with Gasteiger partial charge in [-0.2, -0.15) is 0 Å². The summed E-state index contributed by atoms with van der Waals surface area (Å²) in [5, 5.41) is 0.816. The van der Waals surface area contributed by atoms with E-state index in [9.17, 15) is 0 Å². The van der Waals surface area contributed by atoms with Gasteiger partial charge in [0.25, 0.3) is 0 Å². The summed E-state index contributed by atoms with van der Waals surface area (Å²) in [6, 6.07) is 5.14. The van der Waals surface area contributed by atoms with Crippen LogP contribution in [0.25, 0.3) is 0 Å². The van der Waals surface area contributed by atoms with E-state index >= 15 is 0 Å². The Morgan fingerprint density at radius 2 is 2.14 bits per heavy atom. The van der Waals surface area contributed by atoms with Crippen LogP contribution in [-0.4, -0.2) is 11.1 Å². The van der Waals surface area contributed by atoms with Crippen molar-refractivity contribution in [3.63, 3.8) is 0 Å². The number of halogens is 2. The lowest BCUT2D eigenvalue weighted by molar-refractivity contribution is 0.288. The minimum Gasteiger partial charge on any atom is -0.482 e. The molecule has 2 N–H and O–H groups in total. The van der Waals surface area contributed by atoms with Gasteiger partial charge in [0, 0.05) is 0 Å². The fourth-order valence-electron chi connectivity index (χ4n) is 0.824. The summed E-state index contributed by atoms with van der Waals surface area (Å²) in [4.78, 5) is 0.279. The molecule has 0 fully saturated rings. The molecule has 1 unspecified atom stereocenters. The van der Waals surface area contributed by atoms with E-state index < -0.39 is 0 Å². The molecule has 0 amide bonds. The lowest BCUT2D eigenvalue weighted by Gasteiger charge is -2.14. The average molecular weight is 250 g/mol. The molecular weight excluding hydrogens is 241 g/mol. The second-order valence-corrected chi connectivity index (χ2v) is 3.97. The van der Waals surface area contributed by atoms with Gasteiger partial charge in [0.05, 0.1) is 5.02 Å². The number of rotatable bonds is 3. The van der Waals surface area contributed by atoms with Crippen molar-refractivity contribution in [1.29, 1.82) is 0 Å². The maximum Gasteiger partial charge on any atom is 0.145 e. The van der Waals surface area contributed by atoms with Gasteiger partial charge < -0.3 is 10.5 Å². The normalized spacial score (nSPS) is 12.2. The van der Waals surface area contributed by atoms with Crippen LogP contribution in [0.5, 0.6) is 5.75 Å². The maximum atomic E-state index is 5.90. The number of hydrogen-bond acceptors (Lipinski definition) is 2. The van der Waals surface area contributed by atoms with Crippen molar-refractivity contribution in [1.82, 2.24) is 0 Å². The second kappa shape index (κ2) is 4.82. The molecule has 0 aromatic heterocycles. The first-order valence-electron chi connectivity index (χ1n) is 3.92. The fourth-order valence-corrected chi connectivity index (χ4v) is 1.21. The SMILES string of the molecule is CC(Oc1cccc(Cl)c1Cl)C(N)=S. The molecule has 0 aliphatic heterocycles. The number of thiocarbonyl (C=S) groups is 1. The highest BCUT2D eigenvalue weighted by Gasteiger charge is 2.10. The van der Waals surface area contributed by atoms with Crippen LogP contribution in [0.4, 0.5) is 0 Å². The molecule has 0 bridgehead atoms. The average Bonchev–Trinajstić information content (AvgIpc) is 2.12. The highest BCUT2D eigenvalue weighted by atomic mass is 35.5. The highest BCUT2D eigenvalue weighted by Crippen LogP contribution is 2.31. The lowest BCUT2D eigenvalue weighted by Crippen LogP contribution is -2.28. The van der Waals surface area contributed by atoms with E-state index in [1.54, 1.807) is 25.1 Å². The third-order valence-electron chi connectivity index (χ3n) is 1.62. The molecular formula is C9H9Cl2NOS.